The van der Waals surface area contributed by atoms with Crippen molar-refractivity contribution < 1.29 is 13.7 Å². The molecule has 6 nitrogen and oxygen atoms in total. The number of aromatic nitrogens is 2. The number of anilines is 1. The Hall–Kier alpha value is -2.00. The number of hydrogen-bond donors (Lipinski definition) is 1. The molecule has 0 fully saturated rings. The first-order chi connectivity index (χ1) is 11.4. The van der Waals surface area contributed by atoms with Crippen molar-refractivity contribution >= 4 is 34.9 Å². The van der Waals surface area contributed by atoms with E-state index in [1.165, 1.54) is 17.8 Å². The molecular weight excluding hydrogens is 362 g/mol. The third-order valence-electron chi connectivity index (χ3n) is 2.90. The number of nitrogens with one attached hydrogen (secondary N) is 1. The molecule has 1 aromatic heterocycles. The lowest BCUT2D eigenvalue weighted by Gasteiger charge is -2.09. The van der Waals surface area contributed by atoms with Crippen LogP contribution in [0.3, 0.4) is 0 Å². The van der Waals surface area contributed by atoms with E-state index in [9.17, 15) is 18.9 Å². The summed E-state index contributed by atoms with van der Waals surface area (Å²) in [7, 11) is 0. The fourth-order valence-electron chi connectivity index (χ4n) is 1.80. The van der Waals surface area contributed by atoms with Crippen molar-refractivity contribution in [3.05, 3.63) is 50.7 Å². The molecule has 0 saturated carbocycles. The fourth-order valence-corrected chi connectivity index (χ4v) is 2.78. The van der Waals surface area contributed by atoms with E-state index in [-0.39, 0.29) is 28.2 Å². The number of nitrogens with zero attached hydrogens (tertiary/aromatic N) is 3. The van der Waals surface area contributed by atoms with Gasteiger partial charge in [-0.2, -0.15) is 4.98 Å². The molecule has 1 heterocycles. The van der Waals surface area contributed by atoms with Gasteiger partial charge in [0.2, 0.25) is 11.0 Å². The van der Waals surface area contributed by atoms with Crippen molar-refractivity contribution in [3.8, 4) is 0 Å². The normalized spacial score (nSPS) is 10.7. The summed E-state index contributed by atoms with van der Waals surface area (Å²) in [5.74, 6) is -0.848. The monoisotopic (exact) mass is 374 g/mol. The van der Waals surface area contributed by atoms with Crippen molar-refractivity contribution in [2.45, 2.75) is 25.0 Å². The molecule has 10 heteroatoms. The third kappa shape index (κ3) is 4.51. The summed E-state index contributed by atoms with van der Waals surface area (Å²) >= 11 is 7.18. The minimum absolute atomic E-state index is 0.109. The Labute approximate surface area is 145 Å². The van der Waals surface area contributed by atoms with Gasteiger partial charge in [-0.25, -0.2) is 13.8 Å². The summed E-state index contributed by atoms with van der Waals surface area (Å²) in [5, 5.41) is 13.8. The second kappa shape index (κ2) is 8.20. The molecule has 0 aliphatic heterocycles. The summed E-state index contributed by atoms with van der Waals surface area (Å²) in [6.07, 6.45) is 0.867. The van der Waals surface area contributed by atoms with Crippen LogP contribution < -0.4 is 5.32 Å². The van der Waals surface area contributed by atoms with Crippen molar-refractivity contribution in [1.29, 1.82) is 0 Å². The van der Waals surface area contributed by atoms with Crippen LogP contribution in [0.25, 0.3) is 0 Å². The van der Waals surface area contributed by atoms with Crippen LogP contribution in [0.2, 0.25) is 5.15 Å². The molecule has 2 aromatic rings. The van der Waals surface area contributed by atoms with Crippen molar-refractivity contribution in [1.82, 2.24) is 9.97 Å². The van der Waals surface area contributed by atoms with Crippen LogP contribution in [0.5, 0.6) is 0 Å². The van der Waals surface area contributed by atoms with Gasteiger partial charge in [-0.3, -0.25) is 10.1 Å². The van der Waals surface area contributed by atoms with E-state index in [1.807, 2.05) is 6.92 Å². The van der Waals surface area contributed by atoms with Crippen LogP contribution in [-0.4, -0.2) is 20.6 Å². The van der Waals surface area contributed by atoms with Crippen LogP contribution in [0.4, 0.5) is 20.3 Å². The van der Waals surface area contributed by atoms with Gasteiger partial charge < -0.3 is 5.32 Å². The van der Waals surface area contributed by atoms with Gasteiger partial charge in [0, 0.05) is 23.9 Å². The van der Waals surface area contributed by atoms with Gasteiger partial charge in [-0.1, -0.05) is 36.4 Å². The Morgan fingerprint density at radius 3 is 2.75 bits per heavy atom. The Morgan fingerprint density at radius 1 is 1.38 bits per heavy atom. The summed E-state index contributed by atoms with van der Waals surface area (Å²) in [6.45, 7) is 1.86. The first-order valence-electron chi connectivity index (χ1n) is 6.95. The third-order valence-corrected chi connectivity index (χ3v) is 4.22. The average molecular weight is 375 g/mol. The van der Waals surface area contributed by atoms with Crippen molar-refractivity contribution in [2.75, 3.05) is 11.1 Å². The number of thioether (sulfide) groups is 1. The zero-order chi connectivity index (χ0) is 17.7. The smallest absolute Gasteiger partial charge is 0.348 e. The Morgan fingerprint density at radius 2 is 2.12 bits per heavy atom. The standard InChI is InChI=1S/C14H13ClF2N4O2S/c1-2-5-24-14-19-12(15)11(21(22)23)13(20-14)18-7-8-3-4-9(16)6-10(8)17/h3-4,6H,2,5,7H2,1H3,(H,18,19,20). The predicted molar refractivity (Wildman–Crippen MR) is 88.4 cm³/mol. The van der Waals surface area contributed by atoms with Gasteiger partial charge in [-0.15, -0.1) is 0 Å². The molecular formula is C14H13ClF2N4O2S. The Kier molecular flexibility index (Phi) is 6.27. The molecule has 0 aliphatic carbocycles. The quantitative estimate of drug-likeness (QED) is 0.254. The minimum Gasteiger partial charge on any atom is -0.360 e. The van der Waals surface area contributed by atoms with Crippen LogP contribution in [0.1, 0.15) is 18.9 Å². The molecule has 0 radical (unpaired) electrons. The van der Waals surface area contributed by atoms with Gasteiger partial charge in [0.15, 0.2) is 5.16 Å². The molecule has 1 N–H and O–H groups in total. The summed E-state index contributed by atoms with van der Waals surface area (Å²) in [5.41, 5.74) is -0.344. The van der Waals surface area contributed by atoms with E-state index in [4.69, 9.17) is 11.6 Å². The highest BCUT2D eigenvalue weighted by atomic mass is 35.5. The van der Waals surface area contributed by atoms with E-state index in [1.54, 1.807) is 0 Å². The molecule has 0 atom stereocenters. The number of benzene rings is 1. The zero-order valence-corrected chi connectivity index (χ0v) is 14.1. The van der Waals surface area contributed by atoms with Gasteiger partial charge >= 0.3 is 5.69 Å². The zero-order valence-electron chi connectivity index (χ0n) is 12.6. The van der Waals surface area contributed by atoms with E-state index in [0.717, 1.165) is 24.3 Å². The molecule has 0 spiro atoms. The predicted octanol–water partition coefficient (Wildman–Crippen LogP) is 4.43. The lowest BCUT2D eigenvalue weighted by molar-refractivity contribution is -0.384. The average Bonchev–Trinajstić information content (AvgIpc) is 2.51. The Balaban J connectivity index is 2.29. The molecule has 0 bridgehead atoms. The van der Waals surface area contributed by atoms with Crippen LogP contribution >= 0.6 is 23.4 Å². The molecule has 0 unspecified atom stereocenters. The van der Waals surface area contributed by atoms with Gasteiger partial charge in [0.1, 0.15) is 11.6 Å². The minimum atomic E-state index is -0.758. The fraction of sp³-hybridized carbons (Fsp3) is 0.286. The van der Waals surface area contributed by atoms with Gasteiger partial charge in [0.25, 0.3) is 0 Å². The summed E-state index contributed by atoms with van der Waals surface area (Å²) in [4.78, 5) is 18.4. The highest BCUT2D eigenvalue weighted by Crippen LogP contribution is 2.32. The maximum absolute atomic E-state index is 13.7. The first-order valence-corrected chi connectivity index (χ1v) is 8.31. The largest absolute Gasteiger partial charge is 0.360 e. The second-order valence-electron chi connectivity index (χ2n) is 4.69. The van der Waals surface area contributed by atoms with E-state index in [0.29, 0.717) is 0 Å². The summed E-state index contributed by atoms with van der Waals surface area (Å²) < 4.78 is 26.6. The van der Waals surface area contributed by atoms with Crippen LogP contribution in [0, 0.1) is 21.7 Å². The lowest BCUT2D eigenvalue weighted by Crippen LogP contribution is -2.08. The van der Waals surface area contributed by atoms with Crippen LogP contribution in [-0.2, 0) is 6.54 Å². The lowest BCUT2D eigenvalue weighted by atomic mass is 10.2. The number of rotatable bonds is 7. The number of hydrogen-bond acceptors (Lipinski definition) is 6. The molecule has 128 valence electrons. The van der Waals surface area contributed by atoms with Gasteiger partial charge in [-0.05, 0) is 12.5 Å². The highest BCUT2D eigenvalue weighted by Gasteiger charge is 2.24. The Bertz CT molecular complexity index is 764. The van der Waals surface area contributed by atoms with E-state index in [2.05, 4.69) is 15.3 Å². The SMILES string of the molecule is CCCSc1nc(Cl)c([N+](=O)[O-])c(NCc2ccc(F)cc2F)n1. The first kappa shape index (κ1) is 18.3. The summed E-state index contributed by atoms with van der Waals surface area (Å²) in [6, 6.07) is 3.09. The van der Waals surface area contributed by atoms with Gasteiger partial charge in [0.05, 0.1) is 4.92 Å². The molecule has 1 aromatic carbocycles. The number of nitro groups is 1. The maximum atomic E-state index is 13.7. The molecule has 2 rings (SSSR count). The molecule has 0 amide bonds. The molecule has 24 heavy (non-hydrogen) atoms. The van der Waals surface area contributed by atoms with Crippen molar-refractivity contribution in [2.24, 2.45) is 0 Å². The maximum Gasteiger partial charge on any atom is 0.348 e. The van der Waals surface area contributed by atoms with E-state index >= 15 is 0 Å². The van der Waals surface area contributed by atoms with Crippen molar-refractivity contribution in [3.63, 3.8) is 0 Å². The second-order valence-corrected chi connectivity index (χ2v) is 6.11. The topological polar surface area (TPSA) is 81.0 Å². The molecule has 0 aliphatic rings. The molecule has 0 saturated heterocycles. The van der Waals surface area contributed by atoms with Crippen LogP contribution in [0.15, 0.2) is 23.4 Å². The van der Waals surface area contributed by atoms with E-state index < -0.39 is 22.2 Å². The number of halogens is 3. The highest BCUT2D eigenvalue weighted by molar-refractivity contribution is 7.99.